The van der Waals surface area contributed by atoms with Crippen LogP contribution in [0.25, 0.3) is 17.1 Å². The second-order valence-corrected chi connectivity index (χ2v) is 7.34. The second-order valence-electron chi connectivity index (χ2n) is 7.34. The number of alkyl halides is 3. The molecule has 7 nitrogen and oxygen atoms in total. The first-order valence-electron chi connectivity index (χ1n) is 8.87. The Bertz CT molecular complexity index is 1010. The molecule has 0 saturated heterocycles. The molecule has 0 radical (unpaired) electrons. The van der Waals surface area contributed by atoms with Crippen molar-refractivity contribution >= 4 is 6.09 Å². The summed E-state index contributed by atoms with van der Waals surface area (Å²) < 4.78 is 47.2. The Balaban J connectivity index is 1.68. The topological polar surface area (TPSA) is 78.3 Å². The summed E-state index contributed by atoms with van der Waals surface area (Å²) in [7, 11) is 0. The maximum Gasteiger partial charge on any atom is 0.573 e. The van der Waals surface area contributed by atoms with Gasteiger partial charge in [-0.3, -0.25) is 0 Å². The van der Waals surface area contributed by atoms with Gasteiger partial charge in [0.25, 0.3) is 0 Å². The zero-order valence-electron chi connectivity index (χ0n) is 16.4. The molecular weight excluding hydrogens is 401 g/mol. The van der Waals surface area contributed by atoms with Gasteiger partial charge in [-0.05, 0) is 69.3 Å². The minimum Gasteiger partial charge on any atom is -0.410 e. The van der Waals surface area contributed by atoms with Crippen LogP contribution in [0.5, 0.6) is 11.5 Å². The predicted molar refractivity (Wildman–Crippen MR) is 102 cm³/mol. The van der Waals surface area contributed by atoms with E-state index in [2.05, 4.69) is 20.1 Å². The Morgan fingerprint density at radius 3 is 2.13 bits per heavy atom. The van der Waals surface area contributed by atoms with E-state index in [9.17, 15) is 18.0 Å². The maximum absolute atomic E-state index is 12.2. The number of benzene rings is 2. The highest BCUT2D eigenvalue weighted by molar-refractivity contribution is 5.71. The van der Waals surface area contributed by atoms with E-state index >= 15 is 0 Å². The van der Waals surface area contributed by atoms with Gasteiger partial charge in [-0.1, -0.05) is 0 Å². The Labute approximate surface area is 170 Å². The number of aromatic nitrogens is 3. The quantitative estimate of drug-likeness (QED) is 0.661. The van der Waals surface area contributed by atoms with Crippen molar-refractivity contribution in [2.75, 3.05) is 0 Å². The molecule has 158 valence electrons. The van der Waals surface area contributed by atoms with E-state index in [-0.39, 0.29) is 5.75 Å². The van der Waals surface area contributed by atoms with Crippen LogP contribution in [0.3, 0.4) is 0 Å². The Morgan fingerprint density at radius 1 is 0.967 bits per heavy atom. The summed E-state index contributed by atoms with van der Waals surface area (Å²) in [6, 6.07) is 11.9. The van der Waals surface area contributed by atoms with Crippen molar-refractivity contribution in [3.63, 3.8) is 0 Å². The van der Waals surface area contributed by atoms with Crippen molar-refractivity contribution in [1.29, 1.82) is 0 Å². The van der Waals surface area contributed by atoms with Gasteiger partial charge in [0.05, 0.1) is 5.69 Å². The smallest absolute Gasteiger partial charge is 0.410 e. The van der Waals surface area contributed by atoms with Gasteiger partial charge < -0.3 is 14.8 Å². The van der Waals surface area contributed by atoms with Gasteiger partial charge in [0.1, 0.15) is 17.8 Å². The van der Waals surface area contributed by atoms with Crippen LogP contribution in [0.4, 0.5) is 18.0 Å². The molecule has 1 N–H and O–H groups in total. The number of hydrogen-bond acceptors (Lipinski definition) is 5. The lowest BCUT2D eigenvalue weighted by Crippen LogP contribution is -2.42. The van der Waals surface area contributed by atoms with Crippen molar-refractivity contribution in [2.45, 2.75) is 32.7 Å². The molecule has 3 rings (SSSR count). The third-order valence-electron chi connectivity index (χ3n) is 3.63. The van der Waals surface area contributed by atoms with Gasteiger partial charge in [0.15, 0.2) is 5.82 Å². The van der Waals surface area contributed by atoms with E-state index in [1.165, 1.54) is 35.3 Å². The highest BCUT2D eigenvalue weighted by atomic mass is 19.4. The number of nitrogens with zero attached hydrogens (tertiary/aromatic N) is 3. The van der Waals surface area contributed by atoms with E-state index in [0.717, 1.165) is 0 Å². The number of carbonyl (C=O) groups is 1. The summed E-state index contributed by atoms with van der Waals surface area (Å²) in [5.74, 6) is 0.439. The molecule has 10 heteroatoms. The SMILES string of the molecule is CC(C)(C)NC(=O)Oc1ccc(-c2ncn(-c3ccc(OC(F)(F)F)cc3)n2)cc1. The standard InChI is InChI=1S/C20H19F3N4O3/c1-19(2,3)25-18(28)29-15-8-4-13(5-9-15)17-24-12-27(26-17)14-6-10-16(11-7-14)30-20(21,22)23/h4-12H,1-3H3,(H,25,28). The van der Waals surface area contributed by atoms with Crippen LogP contribution < -0.4 is 14.8 Å². The van der Waals surface area contributed by atoms with Crippen LogP contribution in [-0.4, -0.2) is 32.8 Å². The van der Waals surface area contributed by atoms with Crippen molar-refractivity contribution < 1.29 is 27.4 Å². The maximum atomic E-state index is 12.2. The number of amides is 1. The van der Waals surface area contributed by atoms with E-state index in [4.69, 9.17) is 4.74 Å². The van der Waals surface area contributed by atoms with Crippen molar-refractivity contribution in [3.8, 4) is 28.6 Å². The summed E-state index contributed by atoms with van der Waals surface area (Å²) in [5.41, 5.74) is 0.779. The van der Waals surface area contributed by atoms with E-state index in [1.54, 1.807) is 24.3 Å². The molecule has 2 aromatic carbocycles. The first-order valence-corrected chi connectivity index (χ1v) is 8.87. The Hall–Kier alpha value is -3.56. The third-order valence-corrected chi connectivity index (χ3v) is 3.63. The number of ether oxygens (including phenoxy) is 2. The van der Waals surface area contributed by atoms with Gasteiger partial charge in [0.2, 0.25) is 0 Å². The molecule has 0 fully saturated rings. The molecule has 0 bridgehead atoms. The number of halogens is 3. The molecule has 1 heterocycles. The Morgan fingerprint density at radius 2 is 1.57 bits per heavy atom. The lowest BCUT2D eigenvalue weighted by molar-refractivity contribution is -0.274. The minimum absolute atomic E-state index is 0.322. The van der Waals surface area contributed by atoms with Crippen LogP contribution in [0, 0.1) is 0 Å². The van der Waals surface area contributed by atoms with Crippen molar-refractivity contribution in [1.82, 2.24) is 20.1 Å². The van der Waals surface area contributed by atoms with Crippen LogP contribution >= 0.6 is 0 Å². The van der Waals surface area contributed by atoms with E-state index in [1.807, 2.05) is 20.8 Å². The minimum atomic E-state index is -4.74. The number of carbonyl (C=O) groups excluding carboxylic acids is 1. The van der Waals surface area contributed by atoms with E-state index in [0.29, 0.717) is 22.8 Å². The number of nitrogens with one attached hydrogen (secondary N) is 1. The van der Waals surface area contributed by atoms with E-state index < -0.39 is 18.0 Å². The summed E-state index contributed by atoms with van der Waals surface area (Å²) >= 11 is 0. The lowest BCUT2D eigenvalue weighted by Gasteiger charge is -2.19. The molecule has 1 amide bonds. The average Bonchev–Trinajstić information content (AvgIpc) is 3.10. The molecule has 0 atom stereocenters. The van der Waals surface area contributed by atoms with Crippen LogP contribution in [0.15, 0.2) is 54.9 Å². The largest absolute Gasteiger partial charge is 0.573 e. The van der Waals surface area contributed by atoms with Gasteiger partial charge in [-0.25, -0.2) is 14.5 Å². The summed E-state index contributed by atoms with van der Waals surface area (Å²) in [6.07, 6.45) is -3.86. The molecule has 0 aliphatic rings. The van der Waals surface area contributed by atoms with Crippen LogP contribution in [0.2, 0.25) is 0 Å². The Kier molecular flexibility index (Phi) is 5.68. The summed E-state index contributed by atoms with van der Waals surface area (Å²) in [4.78, 5) is 16.0. The molecule has 1 aromatic heterocycles. The fourth-order valence-electron chi connectivity index (χ4n) is 2.43. The number of hydrogen-bond donors (Lipinski definition) is 1. The molecule has 0 spiro atoms. The average molecular weight is 420 g/mol. The first-order chi connectivity index (χ1) is 14.0. The molecule has 0 aliphatic heterocycles. The highest BCUT2D eigenvalue weighted by Crippen LogP contribution is 2.24. The molecule has 30 heavy (non-hydrogen) atoms. The lowest BCUT2D eigenvalue weighted by atomic mass is 10.1. The second kappa shape index (κ2) is 8.05. The molecule has 0 saturated carbocycles. The van der Waals surface area contributed by atoms with Crippen LogP contribution in [-0.2, 0) is 0 Å². The normalized spacial score (nSPS) is 11.8. The van der Waals surface area contributed by atoms with Gasteiger partial charge >= 0.3 is 12.5 Å². The van der Waals surface area contributed by atoms with Gasteiger partial charge in [0, 0.05) is 11.1 Å². The van der Waals surface area contributed by atoms with Crippen molar-refractivity contribution in [3.05, 3.63) is 54.9 Å². The molecule has 0 aliphatic carbocycles. The summed E-state index contributed by atoms with van der Waals surface area (Å²) in [5, 5.41) is 7.01. The molecular formula is C20H19F3N4O3. The predicted octanol–water partition coefficient (Wildman–Crippen LogP) is 4.72. The van der Waals surface area contributed by atoms with Crippen molar-refractivity contribution in [2.24, 2.45) is 0 Å². The highest BCUT2D eigenvalue weighted by Gasteiger charge is 2.31. The monoisotopic (exact) mass is 420 g/mol. The zero-order valence-corrected chi connectivity index (χ0v) is 16.4. The number of rotatable bonds is 4. The fourth-order valence-corrected chi connectivity index (χ4v) is 2.43. The van der Waals surface area contributed by atoms with Crippen LogP contribution in [0.1, 0.15) is 20.8 Å². The molecule has 0 unspecified atom stereocenters. The third kappa shape index (κ3) is 5.97. The summed E-state index contributed by atoms with van der Waals surface area (Å²) in [6.45, 7) is 5.53. The molecule has 3 aromatic rings. The van der Waals surface area contributed by atoms with Gasteiger partial charge in [-0.15, -0.1) is 18.3 Å². The zero-order chi connectivity index (χ0) is 21.9. The van der Waals surface area contributed by atoms with Gasteiger partial charge in [-0.2, -0.15) is 0 Å². The first kappa shape index (κ1) is 21.2. The fraction of sp³-hybridized carbons (Fsp3) is 0.250.